The summed E-state index contributed by atoms with van der Waals surface area (Å²) in [6.07, 6.45) is 1.88. The van der Waals surface area contributed by atoms with E-state index in [2.05, 4.69) is 10.6 Å². The summed E-state index contributed by atoms with van der Waals surface area (Å²) in [5, 5.41) is 5.94. The molecule has 2 heterocycles. The Morgan fingerprint density at radius 1 is 1.04 bits per heavy atom. The summed E-state index contributed by atoms with van der Waals surface area (Å²) >= 11 is 0. The summed E-state index contributed by atoms with van der Waals surface area (Å²) in [4.78, 5) is 26.3. The summed E-state index contributed by atoms with van der Waals surface area (Å²) in [5.41, 5.74) is 1.69. The number of nitrogens with one attached hydrogen (secondary N) is 2. The van der Waals surface area contributed by atoms with Gasteiger partial charge in [0, 0.05) is 38.9 Å². The van der Waals surface area contributed by atoms with Crippen LogP contribution in [0.1, 0.15) is 16.1 Å². The highest BCUT2D eigenvalue weighted by atomic mass is 16.2. The second kappa shape index (κ2) is 7.79. The largest absolute Gasteiger partial charge is 0.342 e. The predicted molar refractivity (Wildman–Crippen MR) is 91.8 cm³/mol. The van der Waals surface area contributed by atoms with E-state index < -0.39 is 0 Å². The van der Waals surface area contributed by atoms with Gasteiger partial charge in [0.2, 0.25) is 5.91 Å². The lowest BCUT2D eigenvalue weighted by Gasteiger charge is -2.27. The van der Waals surface area contributed by atoms with Crippen molar-refractivity contribution in [2.45, 2.75) is 6.54 Å². The normalized spacial score (nSPS) is 14.4. The number of nitrogens with zero attached hydrogens (tertiary/aromatic N) is 2. The van der Waals surface area contributed by atoms with Crippen LogP contribution in [0.25, 0.3) is 0 Å². The van der Waals surface area contributed by atoms with Crippen molar-refractivity contribution in [3.63, 3.8) is 0 Å². The Morgan fingerprint density at radius 3 is 2.54 bits per heavy atom. The number of rotatable bonds is 5. The van der Waals surface area contributed by atoms with E-state index in [0.29, 0.717) is 25.3 Å². The molecule has 126 valence electrons. The fourth-order valence-electron chi connectivity index (χ4n) is 2.81. The molecule has 2 aromatic rings. The molecule has 0 unspecified atom stereocenters. The first-order valence-electron chi connectivity index (χ1n) is 8.20. The van der Waals surface area contributed by atoms with E-state index in [-0.39, 0.29) is 18.4 Å². The van der Waals surface area contributed by atoms with Crippen LogP contribution in [-0.2, 0) is 11.3 Å². The maximum Gasteiger partial charge on any atom is 0.268 e. The molecule has 6 nitrogen and oxygen atoms in total. The molecule has 0 spiro atoms. The molecule has 1 fully saturated rings. The number of aromatic nitrogens is 1. The van der Waals surface area contributed by atoms with Gasteiger partial charge in [0.25, 0.3) is 5.91 Å². The van der Waals surface area contributed by atoms with Gasteiger partial charge >= 0.3 is 0 Å². The SMILES string of the molecule is O=C(NCC(=O)N1CCNCC1)c1cccn1Cc1ccccc1. The molecule has 0 atom stereocenters. The van der Waals surface area contributed by atoms with Crippen molar-refractivity contribution in [2.75, 3.05) is 32.7 Å². The van der Waals surface area contributed by atoms with Gasteiger partial charge in [0.15, 0.2) is 0 Å². The lowest BCUT2D eigenvalue weighted by molar-refractivity contribution is -0.130. The van der Waals surface area contributed by atoms with Crippen molar-refractivity contribution in [1.82, 2.24) is 20.1 Å². The molecule has 0 aliphatic carbocycles. The Morgan fingerprint density at radius 2 is 1.79 bits per heavy atom. The highest BCUT2D eigenvalue weighted by molar-refractivity contribution is 5.95. The smallest absolute Gasteiger partial charge is 0.268 e. The molecule has 24 heavy (non-hydrogen) atoms. The number of benzene rings is 1. The van der Waals surface area contributed by atoms with Crippen LogP contribution >= 0.6 is 0 Å². The summed E-state index contributed by atoms with van der Waals surface area (Å²) in [5.74, 6) is -0.259. The number of hydrogen-bond acceptors (Lipinski definition) is 3. The van der Waals surface area contributed by atoms with Crippen molar-refractivity contribution in [3.05, 3.63) is 59.9 Å². The third-order valence-corrected chi connectivity index (χ3v) is 4.13. The average Bonchev–Trinajstić information content (AvgIpc) is 3.09. The van der Waals surface area contributed by atoms with Gasteiger partial charge in [-0.05, 0) is 17.7 Å². The molecule has 0 bridgehead atoms. The van der Waals surface area contributed by atoms with Gasteiger partial charge in [-0.15, -0.1) is 0 Å². The maximum absolute atomic E-state index is 12.4. The van der Waals surface area contributed by atoms with Crippen molar-refractivity contribution in [2.24, 2.45) is 0 Å². The molecule has 1 aromatic carbocycles. The molecule has 2 N–H and O–H groups in total. The minimum absolute atomic E-state index is 0.0361. The first-order chi connectivity index (χ1) is 11.7. The van der Waals surface area contributed by atoms with Crippen LogP contribution < -0.4 is 10.6 Å². The molecule has 1 saturated heterocycles. The van der Waals surface area contributed by atoms with E-state index >= 15 is 0 Å². The zero-order valence-electron chi connectivity index (χ0n) is 13.6. The predicted octanol–water partition coefficient (Wildman–Crippen LogP) is 0.698. The number of piperazine rings is 1. The van der Waals surface area contributed by atoms with E-state index in [1.165, 1.54) is 0 Å². The third-order valence-electron chi connectivity index (χ3n) is 4.13. The van der Waals surface area contributed by atoms with Crippen molar-refractivity contribution >= 4 is 11.8 Å². The minimum atomic E-state index is -0.223. The number of carbonyl (C=O) groups is 2. The molecule has 1 aromatic heterocycles. The van der Waals surface area contributed by atoms with Crippen LogP contribution in [0.5, 0.6) is 0 Å². The summed E-state index contributed by atoms with van der Waals surface area (Å²) < 4.78 is 1.89. The molecule has 1 aliphatic rings. The second-order valence-corrected chi connectivity index (χ2v) is 5.82. The van der Waals surface area contributed by atoms with Gasteiger partial charge in [0.1, 0.15) is 5.69 Å². The van der Waals surface area contributed by atoms with Crippen molar-refractivity contribution < 1.29 is 9.59 Å². The molecule has 2 amide bonds. The Hall–Kier alpha value is -2.60. The van der Waals surface area contributed by atoms with Gasteiger partial charge in [-0.3, -0.25) is 9.59 Å². The quantitative estimate of drug-likeness (QED) is 0.850. The lowest BCUT2D eigenvalue weighted by Crippen LogP contribution is -2.49. The van der Waals surface area contributed by atoms with Crippen LogP contribution in [0.3, 0.4) is 0 Å². The maximum atomic E-state index is 12.4. The fraction of sp³-hybridized carbons (Fsp3) is 0.333. The van der Waals surface area contributed by atoms with Crippen LogP contribution in [-0.4, -0.2) is 54.0 Å². The first kappa shape index (κ1) is 16.3. The molecule has 3 rings (SSSR count). The van der Waals surface area contributed by atoms with Crippen LogP contribution in [0.4, 0.5) is 0 Å². The number of amides is 2. The summed E-state index contributed by atoms with van der Waals surface area (Å²) in [6, 6.07) is 13.6. The van der Waals surface area contributed by atoms with Gasteiger partial charge < -0.3 is 20.1 Å². The topological polar surface area (TPSA) is 66.4 Å². The van der Waals surface area contributed by atoms with E-state index in [4.69, 9.17) is 0 Å². The van der Waals surface area contributed by atoms with E-state index in [1.807, 2.05) is 47.2 Å². The molecule has 0 saturated carbocycles. The molecular weight excluding hydrogens is 304 g/mol. The van der Waals surface area contributed by atoms with Crippen LogP contribution in [0.2, 0.25) is 0 Å². The summed E-state index contributed by atoms with van der Waals surface area (Å²) in [6.45, 7) is 3.66. The molecule has 6 heteroatoms. The van der Waals surface area contributed by atoms with Gasteiger partial charge in [-0.1, -0.05) is 30.3 Å². The average molecular weight is 326 g/mol. The summed E-state index contributed by atoms with van der Waals surface area (Å²) in [7, 11) is 0. The number of hydrogen-bond donors (Lipinski definition) is 2. The monoisotopic (exact) mass is 326 g/mol. The van der Waals surface area contributed by atoms with Crippen molar-refractivity contribution in [3.8, 4) is 0 Å². The highest BCUT2D eigenvalue weighted by Crippen LogP contribution is 2.08. The van der Waals surface area contributed by atoms with Crippen LogP contribution in [0.15, 0.2) is 48.7 Å². The minimum Gasteiger partial charge on any atom is -0.342 e. The zero-order chi connectivity index (χ0) is 16.8. The number of carbonyl (C=O) groups excluding carboxylic acids is 2. The second-order valence-electron chi connectivity index (χ2n) is 5.82. The van der Waals surface area contributed by atoms with Gasteiger partial charge in [-0.2, -0.15) is 0 Å². The van der Waals surface area contributed by atoms with Crippen LogP contribution in [0, 0.1) is 0 Å². The van der Waals surface area contributed by atoms with Gasteiger partial charge in [0.05, 0.1) is 6.54 Å². The van der Waals surface area contributed by atoms with E-state index in [1.54, 1.807) is 11.0 Å². The molecule has 1 aliphatic heterocycles. The Kier molecular flexibility index (Phi) is 5.28. The van der Waals surface area contributed by atoms with Gasteiger partial charge in [-0.25, -0.2) is 0 Å². The lowest BCUT2D eigenvalue weighted by atomic mass is 10.2. The fourth-order valence-corrected chi connectivity index (χ4v) is 2.81. The standard InChI is InChI=1S/C18H22N4O2/c23-17(21-11-8-19-9-12-21)13-20-18(24)16-7-4-10-22(16)14-15-5-2-1-3-6-15/h1-7,10,19H,8-9,11-14H2,(H,20,24). The Labute approximate surface area is 141 Å². The third kappa shape index (κ3) is 4.02. The molecule has 0 radical (unpaired) electrons. The Balaban J connectivity index is 1.57. The zero-order valence-corrected chi connectivity index (χ0v) is 13.6. The van der Waals surface area contributed by atoms with E-state index in [0.717, 1.165) is 18.7 Å². The molecular formula is C18H22N4O2. The highest BCUT2D eigenvalue weighted by Gasteiger charge is 2.18. The Bertz CT molecular complexity index is 690. The van der Waals surface area contributed by atoms with Crippen molar-refractivity contribution in [1.29, 1.82) is 0 Å². The van der Waals surface area contributed by atoms with E-state index in [9.17, 15) is 9.59 Å². The first-order valence-corrected chi connectivity index (χ1v) is 8.20.